The summed E-state index contributed by atoms with van der Waals surface area (Å²) in [6.07, 6.45) is 26.7. The number of unbranched alkanes of at least 4 members (excludes halogenated alkanes) is 20. The van der Waals surface area contributed by atoms with E-state index in [1.165, 1.54) is 109 Å². The van der Waals surface area contributed by atoms with Gasteiger partial charge in [-0.25, -0.2) is 0 Å². The van der Waals surface area contributed by atoms with Crippen LogP contribution in [0.5, 0.6) is 0 Å². The monoisotopic (exact) mass is 650 g/mol. The summed E-state index contributed by atoms with van der Waals surface area (Å²) < 4.78 is 34.3. The first-order valence-electron chi connectivity index (χ1n) is 18.3. The van der Waals surface area contributed by atoms with Gasteiger partial charge in [-0.1, -0.05) is 142 Å². The van der Waals surface area contributed by atoms with Gasteiger partial charge in [0.05, 0.1) is 34.4 Å². The zero-order valence-electron chi connectivity index (χ0n) is 29.6. The summed E-state index contributed by atoms with van der Waals surface area (Å²) in [5, 5.41) is 0. The molecule has 264 valence electrons. The Kier molecular flexibility index (Phi) is 29.5. The average molecular weight is 650 g/mol. The van der Waals surface area contributed by atoms with Crippen molar-refractivity contribution >= 4 is 13.8 Å². The van der Waals surface area contributed by atoms with Crippen molar-refractivity contribution in [2.75, 3.05) is 54.1 Å². The molecule has 0 bridgehead atoms. The van der Waals surface area contributed by atoms with Crippen LogP contribution in [0.15, 0.2) is 0 Å². The highest BCUT2D eigenvalue weighted by Gasteiger charge is 2.20. The zero-order chi connectivity index (χ0) is 32.8. The molecule has 0 radical (unpaired) electrons. The van der Waals surface area contributed by atoms with Gasteiger partial charge in [0.1, 0.15) is 19.3 Å². The van der Waals surface area contributed by atoms with Gasteiger partial charge >= 0.3 is 5.97 Å². The first kappa shape index (κ1) is 43.5. The Morgan fingerprint density at radius 3 is 1.50 bits per heavy atom. The fourth-order valence-electron chi connectivity index (χ4n) is 5.02. The average Bonchev–Trinajstić information content (AvgIpc) is 2.96. The van der Waals surface area contributed by atoms with E-state index in [9.17, 15) is 14.3 Å². The van der Waals surface area contributed by atoms with Crippen molar-refractivity contribution in [2.24, 2.45) is 0 Å². The van der Waals surface area contributed by atoms with Gasteiger partial charge in [-0.15, -0.1) is 0 Å². The van der Waals surface area contributed by atoms with E-state index < -0.39 is 13.9 Å². The molecule has 0 amide bonds. The van der Waals surface area contributed by atoms with Crippen LogP contribution in [0.3, 0.4) is 0 Å². The number of phosphoric ester groups is 1. The zero-order valence-corrected chi connectivity index (χ0v) is 30.5. The third-order valence-electron chi connectivity index (χ3n) is 7.91. The summed E-state index contributed by atoms with van der Waals surface area (Å²) in [6.45, 7) is 5.41. The van der Waals surface area contributed by atoms with Crippen molar-refractivity contribution in [1.82, 2.24) is 0 Å². The first-order valence-corrected chi connectivity index (χ1v) is 19.7. The van der Waals surface area contributed by atoms with Gasteiger partial charge in [0.25, 0.3) is 7.82 Å². The smallest absolute Gasteiger partial charge is 0.306 e. The molecular weight excluding hydrogens is 577 g/mol. The van der Waals surface area contributed by atoms with Crippen LogP contribution in [-0.4, -0.2) is 70.7 Å². The lowest BCUT2D eigenvalue weighted by molar-refractivity contribution is -0.870. The number of ether oxygens (including phenoxy) is 2. The van der Waals surface area contributed by atoms with Gasteiger partial charge < -0.3 is 27.9 Å². The number of carbonyl (C=O) groups is 1. The van der Waals surface area contributed by atoms with Crippen LogP contribution >= 0.6 is 7.82 Å². The number of hydrogen-bond acceptors (Lipinski definition) is 7. The second-order valence-electron chi connectivity index (χ2n) is 13.6. The van der Waals surface area contributed by atoms with Gasteiger partial charge in [-0.05, 0) is 12.8 Å². The topological polar surface area (TPSA) is 94.1 Å². The van der Waals surface area contributed by atoms with E-state index in [0.717, 1.165) is 32.1 Å². The molecule has 0 aromatic heterocycles. The fraction of sp³-hybridized carbons (Fsp3) is 0.971. The quantitative estimate of drug-likeness (QED) is 0.0297. The molecule has 0 aliphatic heterocycles. The third-order valence-corrected chi connectivity index (χ3v) is 8.87. The lowest BCUT2D eigenvalue weighted by atomic mass is 10.1. The SMILES string of the molecule is CCCCCCCCCCCCCCOC[C@H](COP(=O)([O-])OCC[N+](C)(C)C)OC(=O)CCCCCCCCCCCC. The molecule has 0 aromatic carbocycles. The summed E-state index contributed by atoms with van der Waals surface area (Å²) in [5.41, 5.74) is 0. The van der Waals surface area contributed by atoms with Gasteiger partial charge in [0.2, 0.25) is 0 Å². The molecule has 1 unspecified atom stereocenters. The third kappa shape index (κ3) is 32.9. The Morgan fingerprint density at radius 1 is 0.614 bits per heavy atom. The molecule has 0 aliphatic carbocycles. The molecule has 0 heterocycles. The van der Waals surface area contributed by atoms with Crippen molar-refractivity contribution in [2.45, 2.75) is 168 Å². The van der Waals surface area contributed by atoms with Crippen LogP contribution < -0.4 is 4.89 Å². The summed E-state index contributed by atoms with van der Waals surface area (Å²) >= 11 is 0. The molecule has 0 N–H and O–H groups in total. The Balaban J connectivity index is 4.30. The Morgan fingerprint density at radius 2 is 1.05 bits per heavy atom. The predicted molar refractivity (Wildman–Crippen MR) is 181 cm³/mol. The standard InChI is InChI=1S/C35H72NO7P/c1-6-8-10-12-14-16-18-19-21-23-25-27-30-40-32-34(33-42-44(38,39)41-31-29-36(3,4)5)43-35(37)28-26-24-22-20-17-15-13-11-9-7-2/h34H,6-33H2,1-5H3/t34-/m1/s1. The van der Waals surface area contributed by atoms with Gasteiger partial charge in [-0.3, -0.25) is 9.36 Å². The summed E-state index contributed by atoms with van der Waals surface area (Å²) in [4.78, 5) is 24.8. The number of rotatable bonds is 34. The molecule has 0 saturated carbocycles. The van der Waals surface area contributed by atoms with Crippen LogP contribution in [0.1, 0.15) is 162 Å². The molecule has 0 rings (SSSR count). The van der Waals surface area contributed by atoms with Gasteiger partial charge in [0.15, 0.2) is 0 Å². The number of hydrogen-bond donors (Lipinski definition) is 0. The molecule has 0 spiro atoms. The molecule has 0 saturated heterocycles. The van der Waals surface area contributed by atoms with Crippen molar-refractivity contribution in [1.29, 1.82) is 0 Å². The van der Waals surface area contributed by atoms with E-state index in [2.05, 4.69) is 13.8 Å². The largest absolute Gasteiger partial charge is 0.756 e. The number of phosphoric acid groups is 1. The highest BCUT2D eigenvalue weighted by molar-refractivity contribution is 7.45. The Hall–Kier alpha value is -0.500. The van der Waals surface area contributed by atoms with Gasteiger partial charge in [-0.2, -0.15) is 0 Å². The maximum Gasteiger partial charge on any atom is 0.306 e. The number of nitrogens with zero attached hydrogens (tertiary/aromatic N) is 1. The molecule has 44 heavy (non-hydrogen) atoms. The maximum atomic E-state index is 12.5. The van der Waals surface area contributed by atoms with E-state index in [1.54, 1.807) is 0 Å². The lowest BCUT2D eigenvalue weighted by Gasteiger charge is -2.28. The minimum absolute atomic E-state index is 0.0307. The molecule has 2 atom stereocenters. The van der Waals surface area contributed by atoms with Crippen LogP contribution in [0.25, 0.3) is 0 Å². The molecule has 0 fully saturated rings. The lowest BCUT2D eigenvalue weighted by Crippen LogP contribution is -2.37. The predicted octanol–water partition coefficient (Wildman–Crippen LogP) is 9.13. The maximum absolute atomic E-state index is 12.5. The number of carbonyl (C=O) groups excluding carboxylic acids is 1. The number of likely N-dealkylation sites (N-methyl/N-ethyl adjacent to an activating group) is 1. The van der Waals surface area contributed by atoms with E-state index in [-0.39, 0.29) is 25.8 Å². The highest BCUT2D eigenvalue weighted by atomic mass is 31.2. The number of esters is 1. The van der Waals surface area contributed by atoms with Crippen molar-refractivity contribution in [3.05, 3.63) is 0 Å². The van der Waals surface area contributed by atoms with E-state index in [0.29, 0.717) is 24.1 Å². The molecule has 8 nitrogen and oxygen atoms in total. The van der Waals surface area contributed by atoms with E-state index in [1.807, 2.05) is 21.1 Å². The summed E-state index contributed by atoms with van der Waals surface area (Å²) in [7, 11) is 1.37. The van der Waals surface area contributed by atoms with Crippen molar-refractivity contribution in [3.8, 4) is 0 Å². The fourth-order valence-corrected chi connectivity index (χ4v) is 5.74. The summed E-state index contributed by atoms with van der Waals surface area (Å²) in [5.74, 6) is -0.334. The second-order valence-corrected chi connectivity index (χ2v) is 15.0. The molecule has 0 aromatic rings. The second kappa shape index (κ2) is 29.9. The Bertz CT molecular complexity index is 686. The van der Waals surface area contributed by atoms with Crippen LogP contribution in [0, 0.1) is 0 Å². The van der Waals surface area contributed by atoms with Crippen LogP contribution in [0.4, 0.5) is 0 Å². The van der Waals surface area contributed by atoms with Crippen LogP contribution in [-0.2, 0) is 27.9 Å². The number of quaternary nitrogens is 1. The van der Waals surface area contributed by atoms with Crippen molar-refractivity contribution in [3.63, 3.8) is 0 Å². The van der Waals surface area contributed by atoms with Crippen LogP contribution in [0.2, 0.25) is 0 Å². The molecule has 0 aliphatic rings. The van der Waals surface area contributed by atoms with E-state index >= 15 is 0 Å². The minimum Gasteiger partial charge on any atom is -0.756 e. The first-order chi connectivity index (χ1) is 21.1. The summed E-state index contributed by atoms with van der Waals surface area (Å²) in [6, 6.07) is 0. The molecule has 9 heteroatoms. The van der Waals surface area contributed by atoms with Crippen molar-refractivity contribution < 1.29 is 37.3 Å². The highest BCUT2D eigenvalue weighted by Crippen LogP contribution is 2.38. The Labute approximate surface area is 272 Å². The van der Waals surface area contributed by atoms with E-state index in [4.69, 9.17) is 18.5 Å². The molecular formula is C35H72NO7P. The van der Waals surface area contributed by atoms with Gasteiger partial charge in [0, 0.05) is 13.0 Å². The minimum atomic E-state index is -4.50. The normalized spacial score (nSPS) is 14.0.